The number of aliphatic hydroxyl groups excluding tert-OH is 3. The highest BCUT2D eigenvalue weighted by atomic mass is 32.2. The van der Waals surface area contributed by atoms with Gasteiger partial charge in [0.1, 0.15) is 11.4 Å². The lowest BCUT2D eigenvalue weighted by molar-refractivity contribution is -0.122. The summed E-state index contributed by atoms with van der Waals surface area (Å²) in [6.07, 6.45) is 0. The first kappa shape index (κ1) is 16.9. The molecule has 0 aliphatic rings. The third-order valence-electron chi connectivity index (χ3n) is 2.73. The van der Waals surface area contributed by atoms with Gasteiger partial charge in [-0.1, -0.05) is 12.1 Å². The number of nitrogens with one attached hydrogen (secondary N) is 1. The minimum atomic E-state index is -1.40. The zero-order chi connectivity index (χ0) is 15.0. The Morgan fingerprint density at radius 1 is 1.15 bits per heavy atom. The zero-order valence-corrected chi connectivity index (χ0v) is 11.7. The fraction of sp³-hybridized carbons (Fsp3) is 0.462. The second-order valence-corrected chi connectivity index (χ2v) is 5.41. The Morgan fingerprint density at radius 3 is 2.20 bits per heavy atom. The molecule has 0 saturated heterocycles. The van der Waals surface area contributed by atoms with E-state index in [0.717, 1.165) is 5.56 Å². The molecule has 1 rings (SSSR count). The van der Waals surface area contributed by atoms with Crippen molar-refractivity contribution in [3.05, 3.63) is 35.6 Å². The average molecular weight is 303 g/mol. The fourth-order valence-corrected chi connectivity index (χ4v) is 2.23. The summed E-state index contributed by atoms with van der Waals surface area (Å²) in [5.41, 5.74) is -0.505. The lowest BCUT2D eigenvalue weighted by Crippen LogP contribution is -2.57. The van der Waals surface area contributed by atoms with Crippen LogP contribution in [-0.2, 0) is 10.5 Å². The van der Waals surface area contributed by atoms with Crippen molar-refractivity contribution in [1.29, 1.82) is 0 Å². The van der Waals surface area contributed by atoms with Crippen LogP contribution in [0.25, 0.3) is 0 Å². The first-order valence-corrected chi connectivity index (χ1v) is 7.16. The topological polar surface area (TPSA) is 89.8 Å². The van der Waals surface area contributed by atoms with Crippen LogP contribution in [0.15, 0.2) is 24.3 Å². The predicted octanol–water partition coefficient (Wildman–Crippen LogP) is -0.109. The first-order chi connectivity index (χ1) is 9.55. The molecule has 5 nitrogen and oxygen atoms in total. The molecule has 112 valence electrons. The lowest BCUT2D eigenvalue weighted by Gasteiger charge is -2.28. The van der Waals surface area contributed by atoms with E-state index < -0.39 is 31.3 Å². The molecule has 7 heteroatoms. The van der Waals surface area contributed by atoms with E-state index in [-0.39, 0.29) is 11.6 Å². The summed E-state index contributed by atoms with van der Waals surface area (Å²) >= 11 is 1.31. The summed E-state index contributed by atoms with van der Waals surface area (Å²) in [5.74, 6) is -0.0543. The van der Waals surface area contributed by atoms with Crippen LogP contribution in [0.3, 0.4) is 0 Å². The highest BCUT2D eigenvalue weighted by molar-refractivity contribution is 7.99. The van der Waals surface area contributed by atoms with E-state index in [1.807, 2.05) is 0 Å². The molecule has 1 aromatic rings. The number of carbonyl (C=O) groups excluding carboxylic acids is 1. The van der Waals surface area contributed by atoms with E-state index in [1.165, 1.54) is 23.9 Å². The molecule has 0 radical (unpaired) electrons. The van der Waals surface area contributed by atoms with Gasteiger partial charge in [-0.15, -0.1) is 11.8 Å². The van der Waals surface area contributed by atoms with Crippen LogP contribution in [0.1, 0.15) is 5.56 Å². The van der Waals surface area contributed by atoms with Gasteiger partial charge in [-0.2, -0.15) is 0 Å². The molecule has 0 spiro atoms. The maximum atomic E-state index is 12.7. The number of rotatable bonds is 8. The van der Waals surface area contributed by atoms with Crippen molar-refractivity contribution in [1.82, 2.24) is 5.32 Å². The maximum absolute atomic E-state index is 12.7. The Bertz CT molecular complexity index is 415. The second kappa shape index (κ2) is 8.21. The van der Waals surface area contributed by atoms with Crippen LogP contribution in [0.5, 0.6) is 0 Å². The van der Waals surface area contributed by atoms with Crippen molar-refractivity contribution in [3.8, 4) is 0 Å². The average Bonchev–Trinajstić information content (AvgIpc) is 2.47. The number of halogens is 1. The smallest absolute Gasteiger partial charge is 0.230 e. The van der Waals surface area contributed by atoms with Gasteiger partial charge in [-0.05, 0) is 17.7 Å². The highest BCUT2D eigenvalue weighted by Crippen LogP contribution is 2.13. The normalized spacial score (nSPS) is 11.4. The van der Waals surface area contributed by atoms with Crippen molar-refractivity contribution in [3.63, 3.8) is 0 Å². The largest absolute Gasteiger partial charge is 0.394 e. The van der Waals surface area contributed by atoms with Gasteiger partial charge in [0.15, 0.2) is 0 Å². The van der Waals surface area contributed by atoms with Crippen LogP contribution >= 0.6 is 11.8 Å². The van der Waals surface area contributed by atoms with Gasteiger partial charge in [0, 0.05) is 5.75 Å². The molecule has 20 heavy (non-hydrogen) atoms. The molecule has 0 saturated carbocycles. The number of thioether (sulfide) groups is 1. The van der Waals surface area contributed by atoms with Gasteiger partial charge in [0.05, 0.1) is 25.6 Å². The molecule has 0 aliphatic carbocycles. The maximum Gasteiger partial charge on any atom is 0.230 e. The Balaban J connectivity index is 2.38. The molecule has 0 atom stereocenters. The zero-order valence-electron chi connectivity index (χ0n) is 10.9. The van der Waals surface area contributed by atoms with Crippen molar-refractivity contribution in [2.24, 2.45) is 0 Å². The van der Waals surface area contributed by atoms with Gasteiger partial charge in [0.2, 0.25) is 5.91 Å². The molecule has 1 amide bonds. The van der Waals surface area contributed by atoms with Gasteiger partial charge >= 0.3 is 0 Å². The van der Waals surface area contributed by atoms with Crippen molar-refractivity contribution < 1.29 is 24.5 Å². The highest BCUT2D eigenvalue weighted by Gasteiger charge is 2.29. The van der Waals surface area contributed by atoms with Crippen LogP contribution in [0.2, 0.25) is 0 Å². The summed E-state index contributed by atoms with van der Waals surface area (Å²) in [7, 11) is 0. The minimum Gasteiger partial charge on any atom is -0.394 e. The van der Waals surface area contributed by atoms with Gasteiger partial charge in [0.25, 0.3) is 0 Å². The molecule has 4 N–H and O–H groups in total. The van der Waals surface area contributed by atoms with E-state index in [2.05, 4.69) is 5.32 Å². The number of benzene rings is 1. The fourth-order valence-electron chi connectivity index (χ4n) is 1.44. The number of amides is 1. The van der Waals surface area contributed by atoms with Gasteiger partial charge in [-0.25, -0.2) is 4.39 Å². The Hall–Kier alpha value is -1.15. The standard InChI is InChI=1S/C13H18FNO4S/c14-11-3-1-10(2-4-11)5-20-6-12(19)15-13(7-16,8-17)9-18/h1-4,16-18H,5-9H2,(H,15,19). The van der Waals surface area contributed by atoms with Crippen molar-refractivity contribution in [2.45, 2.75) is 11.3 Å². The lowest BCUT2D eigenvalue weighted by atomic mass is 10.0. The van der Waals surface area contributed by atoms with E-state index in [4.69, 9.17) is 15.3 Å². The molecule has 0 aliphatic heterocycles. The SMILES string of the molecule is O=C(CSCc1ccc(F)cc1)NC(CO)(CO)CO. The third-order valence-corrected chi connectivity index (χ3v) is 3.73. The Labute approximate surface area is 120 Å². The first-order valence-electron chi connectivity index (χ1n) is 6.01. The molecular formula is C13H18FNO4S. The minimum absolute atomic E-state index is 0.110. The Morgan fingerprint density at radius 2 is 1.70 bits per heavy atom. The molecular weight excluding hydrogens is 285 g/mol. The molecule has 1 aromatic carbocycles. The molecule has 0 fully saturated rings. The second-order valence-electron chi connectivity index (χ2n) is 4.42. The summed E-state index contributed by atoms with van der Waals surface area (Å²) < 4.78 is 12.7. The summed E-state index contributed by atoms with van der Waals surface area (Å²) in [6.45, 7) is -1.64. The third kappa shape index (κ3) is 5.09. The number of aliphatic hydroxyl groups is 3. The van der Waals surface area contributed by atoms with Crippen molar-refractivity contribution in [2.75, 3.05) is 25.6 Å². The molecule has 0 unspecified atom stereocenters. The van der Waals surface area contributed by atoms with Gasteiger partial charge in [-0.3, -0.25) is 4.79 Å². The van der Waals surface area contributed by atoms with E-state index in [0.29, 0.717) is 5.75 Å². The monoisotopic (exact) mass is 303 g/mol. The molecule has 0 bridgehead atoms. The van der Waals surface area contributed by atoms with Gasteiger partial charge < -0.3 is 20.6 Å². The van der Waals surface area contributed by atoms with Crippen LogP contribution in [0, 0.1) is 5.82 Å². The summed E-state index contributed by atoms with van der Waals surface area (Å²) in [6, 6.07) is 5.98. The molecule has 0 heterocycles. The van der Waals surface area contributed by atoms with Crippen molar-refractivity contribution >= 4 is 17.7 Å². The van der Waals surface area contributed by atoms with E-state index in [9.17, 15) is 9.18 Å². The van der Waals surface area contributed by atoms with E-state index in [1.54, 1.807) is 12.1 Å². The number of carbonyl (C=O) groups is 1. The molecule has 0 aromatic heterocycles. The number of hydrogen-bond donors (Lipinski definition) is 4. The summed E-state index contributed by atoms with van der Waals surface area (Å²) in [5, 5.41) is 29.6. The van der Waals surface area contributed by atoms with Crippen LogP contribution in [-0.4, -0.2) is 52.3 Å². The van der Waals surface area contributed by atoms with Crippen LogP contribution < -0.4 is 5.32 Å². The summed E-state index contributed by atoms with van der Waals surface area (Å²) in [4.78, 5) is 11.7. The Kier molecular flexibility index (Phi) is 6.94. The predicted molar refractivity (Wildman–Crippen MR) is 74.7 cm³/mol. The quantitative estimate of drug-likeness (QED) is 0.538. The van der Waals surface area contributed by atoms with E-state index >= 15 is 0 Å². The number of hydrogen-bond acceptors (Lipinski definition) is 5. The van der Waals surface area contributed by atoms with Crippen LogP contribution in [0.4, 0.5) is 4.39 Å².